The molecule has 0 bridgehead atoms. The van der Waals surface area contributed by atoms with Gasteiger partial charge >= 0.3 is 0 Å². The summed E-state index contributed by atoms with van der Waals surface area (Å²) in [5, 5.41) is 7.76. The lowest BCUT2D eigenvalue weighted by Gasteiger charge is -1.89. The predicted molar refractivity (Wildman–Crippen MR) is 67.8 cm³/mol. The van der Waals surface area contributed by atoms with E-state index in [-0.39, 0.29) is 0 Å². The number of fused-ring (bicyclic) bond motifs is 1. The van der Waals surface area contributed by atoms with E-state index in [1.165, 1.54) is 6.42 Å². The zero-order valence-electron chi connectivity index (χ0n) is 10.0. The van der Waals surface area contributed by atoms with Gasteiger partial charge in [-0.05, 0) is 18.2 Å². The monoisotopic (exact) mass is 207 g/mol. The van der Waals surface area contributed by atoms with Gasteiger partial charge in [-0.25, -0.2) is 0 Å². The van der Waals surface area contributed by atoms with Crippen molar-refractivity contribution in [2.24, 2.45) is 0 Å². The van der Waals surface area contributed by atoms with Gasteiger partial charge in [0.25, 0.3) is 0 Å². The Bertz CT molecular complexity index is 366. The molecule has 2 rings (SSSR count). The van der Waals surface area contributed by atoms with Gasteiger partial charge < -0.3 is 5.73 Å². The first-order chi connectivity index (χ1) is 7.27. The van der Waals surface area contributed by atoms with Crippen LogP contribution in [-0.2, 0) is 0 Å². The molecular weight excluding hydrogens is 186 g/mol. The van der Waals surface area contributed by atoms with Crippen molar-refractivity contribution in [3.63, 3.8) is 0 Å². The minimum Gasteiger partial charge on any atom is -0.399 e. The molecular formula is C12H21N3. The minimum absolute atomic E-state index is 0.772. The van der Waals surface area contributed by atoms with Crippen LogP contribution in [0.3, 0.4) is 0 Å². The molecule has 15 heavy (non-hydrogen) atoms. The van der Waals surface area contributed by atoms with E-state index in [4.69, 9.17) is 5.73 Å². The van der Waals surface area contributed by atoms with Crippen molar-refractivity contribution in [3.05, 3.63) is 24.4 Å². The number of aromatic nitrogens is 2. The number of nitrogens with one attached hydrogen (secondary N) is 1. The van der Waals surface area contributed by atoms with Gasteiger partial charge in [-0.2, -0.15) is 5.10 Å². The molecule has 1 heterocycles. The zero-order chi connectivity index (χ0) is 11.7. The van der Waals surface area contributed by atoms with E-state index in [9.17, 15) is 0 Å². The summed E-state index contributed by atoms with van der Waals surface area (Å²) < 4.78 is 0. The first-order valence-electron chi connectivity index (χ1n) is 5.46. The Kier molecular flexibility index (Phi) is 7.06. The maximum atomic E-state index is 5.54. The second kappa shape index (κ2) is 7.85. The highest BCUT2D eigenvalue weighted by atomic mass is 15.1. The summed E-state index contributed by atoms with van der Waals surface area (Å²) in [7, 11) is 0. The molecule has 0 unspecified atom stereocenters. The summed E-state index contributed by atoms with van der Waals surface area (Å²) in [5.41, 5.74) is 7.34. The van der Waals surface area contributed by atoms with Crippen molar-refractivity contribution in [3.8, 4) is 0 Å². The van der Waals surface area contributed by atoms with Crippen LogP contribution in [0.25, 0.3) is 10.9 Å². The SMILES string of the molecule is CC.CCC.Nc1ccc2[nH]ncc2c1. The Morgan fingerprint density at radius 2 is 1.87 bits per heavy atom. The quantitative estimate of drug-likeness (QED) is 0.649. The lowest BCUT2D eigenvalue weighted by Crippen LogP contribution is -1.81. The van der Waals surface area contributed by atoms with Gasteiger partial charge in [0, 0.05) is 11.1 Å². The van der Waals surface area contributed by atoms with Gasteiger partial charge in [-0.15, -0.1) is 0 Å². The highest BCUT2D eigenvalue weighted by Crippen LogP contribution is 2.13. The molecule has 1 aromatic heterocycles. The number of benzene rings is 1. The van der Waals surface area contributed by atoms with Crippen LogP contribution in [0.5, 0.6) is 0 Å². The van der Waals surface area contributed by atoms with Gasteiger partial charge in [-0.1, -0.05) is 34.1 Å². The van der Waals surface area contributed by atoms with Crippen LogP contribution in [0.2, 0.25) is 0 Å². The Labute approximate surface area is 91.7 Å². The van der Waals surface area contributed by atoms with E-state index >= 15 is 0 Å². The molecule has 3 heteroatoms. The molecule has 0 saturated carbocycles. The Morgan fingerprint density at radius 1 is 1.27 bits per heavy atom. The Morgan fingerprint density at radius 3 is 2.47 bits per heavy atom. The molecule has 0 fully saturated rings. The molecule has 0 radical (unpaired) electrons. The summed E-state index contributed by atoms with van der Waals surface area (Å²) >= 11 is 0. The summed E-state index contributed by atoms with van der Waals surface area (Å²) in [4.78, 5) is 0. The van der Waals surface area contributed by atoms with Crippen LogP contribution in [-0.4, -0.2) is 10.2 Å². The highest BCUT2D eigenvalue weighted by Gasteiger charge is 1.92. The largest absolute Gasteiger partial charge is 0.399 e. The van der Waals surface area contributed by atoms with Crippen LogP contribution in [0.1, 0.15) is 34.1 Å². The lowest BCUT2D eigenvalue weighted by atomic mass is 10.2. The van der Waals surface area contributed by atoms with Gasteiger partial charge in [0.1, 0.15) is 0 Å². The lowest BCUT2D eigenvalue weighted by molar-refractivity contribution is 1.09. The highest BCUT2D eigenvalue weighted by molar-refractivity contribution is 5.81. The van der Waals surface area contributed by atoms with E-state index in [1.807, 2.05) is 32.0 Å². The van der Waals surface area contributed by atoms with Crippen molar-refractivity contribution < 1.29 is 0 Å². The molecule has 2 aromatic rings. The van der Waals surface area contributed by atoms with Gasteiger partial charge in [-0.3, -0.25) is 5.10 Å². The predicted octanol–water partition coefficient (Wildman–Crippen LogP) is 3.59. The van der Waals surface area contributed by atoms with Crippen LogP contribution in [0.15, 0.2) is 24.4 Å². The number of hydrogen-bond donors (Lipinski definition) is 2. The normalized spacial score (nSPS) is 8.53. The van der Waals surface area contributed by atoms with Crippen molar-refractivity contribution in [1.82, 2.24) is 10.2 Å². The van der Waals surface area contributed by atoms with Gasteiger partial charge in [0.15, 0.2) is 0 Å². The van der Waals surface area contributed by atoms with Crippen molar-refractivity contribution >= 4 is 16.6 Å². The molecule has 0 aliphatic rings. The fourth-order valence-electron chi connectivity index (χ4n) is 0.961. The molecule has 84 valence electrons. The van der Waals surface area contributed by atoms with E-state index in [0.717, 1.165) is 16.6 Å². The first kappa shape index (κ1) is 13.5. The van der Waals surface area contributed by atoms with Crippen LogP contribution < -0.4 is 5.73 Å². The topological polar surface area (TPSA) is 54.7 Å². The molecule has 0 aliphatic heterocycles. The van der Waals surface area contributed by atoms with Crippen LogP contribution >= 0.6 is 0 Å². The summed E-state index contributed by atoms with van der Waals surface area (Å²) in [6, 6.07) is 5.65. The second-order valence-corrected chi connectivity index (χ2v) is 2.92. The Hall–Kier alpha value is -1.51. The number of nitrogen functional groups attached to an aromatic ring is 1. The number of H-pyrrole nitrogens is 1. The smallest absolute Gasteiger partial charge is 0.0651 e. The minimum atomic E-state index is 0.772. The second-order valence-electron chi connectivity index (χ2n) is 2.92. The third kappa shape index (κ3) is 4.49. The zero-order valence-corrected chi connectivity index (χ0v) is 10.0. The fraction of sp³-hybridized carbons (Fsp3) is 0.417. The molecule has 0 aliphatic carbocycles. The third-order valence-electron chi connectivity index (χ3n) is 1.46. The van der Waals surface area contributed by atoms with Gasteiger partial charge in [0.05, 0.1) is 11.7 Å². The third-order valence-corrected chi connectivity index (χ3v) is 1.46. The van der Waals surface area contributed by atoms with E-state index in [0.29, 0.717) is 0 Å². The van der Waals surface area contributed by atoms with Crippen LogP contribution in [0, 0.1) is 0 Å². The molecule has 3 N–H and O–H groups in total. The molecule has 3 nitrogen and oxygen atoms in total. The molecule has 0 spiro atoms. The number of rotatable bonds is 0. The standard InChI is InChI=1S/C7H7N3.C3H8.C2H6/c8-6-1-2-7-5(3-6)4-9-10-7;1-3-2;1-2/h1-4H,8H2,(H,9,10);3H2,1-2H3;1-2H3. The van der Waals surface area contributed by atoms with E-state index < -0.39 is 0 Å². The maximum absolute atomic E-state index is 5.54. The van der Waals surface area contributed by atoms with E-state index in [2.05, 4.69) is 24.0 Å². The number of hydrogen-bond acceptors (Lipinski definition) is 2. The number of anilines is 1. The summed E-state index contributed by atoms with van der Waals surface area (Å²) in [5.74, 6) is 0. The molecule has 0 saturated heterocycles. The maximum Gasteiger partial charge on any atom is 0.0651 e. The first-order valence-corrected chi connectivity index (χ1v) is 5.46. The van der Waals surface area contributed by atoms with Crippen molar-refractivity contribution in [2.45, 2.75) is 34.1 Å². The molecule has 0 amide bonds. The number of nitrogens with zero attached hydrogens (tertiary/aromatic N) is 1. The van der Waals surface area contributed by atoms with Crippen molar-refractivity contribution in [2.75, 3.05) is 5.73 Å². The number of nitrogens with two attached hydrogens (primary N) is 1. The molecule has 0 atom stereocenters. The van der Waals surface area contributed by atoms with E-state index in [1.54, 1.807) is 6.20 Å². The number of aromatic amines is 1. The average Bonchev–Trinajstić information content (AvgIpc) is 2.69. The Balaban J connectivity index is 0.000000342. The summed E-state index contributed by atoms with van der Waals surface area (Å²) in [6.45, 7) is 8.25. The van der Waals surface area contributed by atoms with Gasteiger partial charge in [0.2, 0.25) is 0 Å². The summed E-state index contributed by atoms with van der Waals surface area (Å²) in [6.07, 6.45) is 3.01. The van der Waals surface area contributed by atoms with Crippen LogP contribution in [0.4, 0.5) is 5.69 Å². The van der Waals surface area contributed by atoms with Crippen molar-refractivity contribution in [1.29, 1.82) is 0 Å². The molecule has 1 aromatic carbocycles. The average molecular weight is 207 g/mol. The fourth-order valence-corrected chi connectivity index (χ4v) is 0.961.